The first-order chi connectivity index (χ1) is 17.0. The first-order valence-corrected chi connectivity index (χ1v) is 13.2. The van der Waals surface area contributed by atoms with Gasteiger partial charge in [-0.1, -0.05) is 42.5 Å². The molecule has 1 fully saturated rings. The molecule has 3 aromatic carbocycles. The van der Waals surface area contributed by atoms with Crippen LogP contribution in [0.15, 0.2) is 65.6 Å². The molecule has 0 saturated carbocycles. The Bertz CT molecular complexity index is 1340. The van der Waals surface area contributed by atoms with Gasteiger partial charge in [-0.05, 0) is 23.8 Å². The number of nitrogens with zero attached hydrogens (tertiary/aromatic N) is 2. The Hall–Kier alpha value is -3.14. The molecule has 3 aromatic rings. The fourth-order valence-corrected chi connectivity index (χ4v) is 6.58. The molecule has 1 unspecified atom stereocenters. The van der Waals surface area contributed by atoms with Gasteiger partial charge >= 0.3 is 0 Å². The maximum absolute atomic E-state index is 13.9. The van der Waals surface area contributed by atoms with Gasteiger partial charge in [0.15, 0.2) is 0 Å². The average Bonchev–Trinajstić information content (AvgIpc) is 3.29. The third-order valence-electron chi connectivity index (χ3n) is 6.71. The molecule has 0 aromatic heterocycles. The normalized spacial score (nSPS) is 18.4. The summed E-state index contributed by atoms with van der Waals surface area (Å²) in [6.45, 7) is 4.42. The van der Waals surface area contributed by atoms with Gasteiger partial charge in [0.2, 0.25) is 5.91 Å². The second-order valence-electron chi connectivity index (χ2n) is 8.70. The summed E-state index contributed by atoms with van der Waals surface area (Å²) in [5.74, 6) is -0.128. The molecule has 2 aliphatic rings. The van der Waals surface area contributed by atoms with Crippen LogP contribution in [0.3, 0.4) is 0 Å². The zero-order valence-corrected chi connectivity index (χ0v) is 20.5. The topological polar surface area (TPSA) is 88.2 Å². The highest BCUT2D eigenvalue weighted by atomic mass is 32.2. The molecule has 2 heterocycles. The van der Waals surface area contributed by atoms with Crippen molar-refractivity contribution in [2.75, 3.05) is 57.4 Å². The van der Waals surface area contributed by atoms with Crippen LogP contribution in [0.4, 0.5) is 5.69 Å². The summed E-state index contributed by atoms with van der Waals surface area (Å²) in [6, 6.07) is 17.8. The Morgan fingerprint density at radius 2 is 1.74 bits per heavy atom. The lowest BCUT2D eigenvalue weighted by atomic mass is 10.0. The zero-order valence-electron chi connectivity index (χ0n) is 19.6. The molecule has 0 bridgehead atoms. The van der Waals surface area contributed by atoms with E-state index in [0.29, 0.717) is 36.6 Å². The highest BCUT2D eigenvalue weighted by molar-refractivity contribution is 7.93. The van der Waals surface area contributed by atoms with Crippen molar-refractivity contribution in [1.82, 2.24) is 10.2 Å². The first-order valence-electron chi connectivity index (χ1n) is 11.8. The SMILES string of the molecule is COc1ccc(S(=O)(=O)N2CC(C(=O)NCCN3CCOCC3)c3ccccc32)c2ccccc12. The number of fused-ring (bicyclic) bond motifs is 2. The molecule has 0 aliphatic carbocycles. The van der Waals surface area contributed by atoms with E-state index in [1.807, 2.05) is 30.3 Å². The summed E-state index contributed by atoms with van der Waals surface area (Å²) in [5.41, 5.74) is 1.26. The Kier molecular flexibility index (Phi) is 6.64. The average molecular weight is 496 g/mol. The highest BCUT2D eigenvalue weighted by Crippen LogP contribution is 2.41. The third-order valence-corrected chi connectivity index (χ3v) is 8.55. The smallest absolute Gasteiger partial charge is 0.264 e. The van der Waals surface area contributed by atoms with Crippen LogP contribution in [-0.4, -0.2) is 72.3 Å². The van der Waals surface area contributed by atoms with Crippen molar-refractivity contribution in [3.8, 4) is 5.75 Å². The number of rotatable bonds is 7. The number of carbonyl (C=O) groups is 1. The molecular weight excluding hydrogens is 466 g/mol. The molecule has 184 valence electrons. The molecular formula is C26H29N3O5S. The number of sulfonamides is 1. The molecule has 0 radical (unpaired) electrons. The first kappa shape index (κ1) is 23.6. The van der Waals surface area contributed by atoms with Crippen molar-refractivity contribution in [2.24, 2.45) is 0 Å². The predicted octanol–water partition coefficient (Wildman–Crippen LogP) is 2.59. The summed E-state index contributed by atoms with van der Waals surface area (Å²) in [4.78, 5) is 15.6. The molecule has 9 heteroatoms. The van der Waals surface area contributed by atoms with Crippen LogP contribution in [-0.2, 0) is 19.6 Å². The van der Waals surface area contributed by atoms with E-state index < -0.39 is 15.9 Å². The van der Waals surface area contributed by atoms with Crippen molar-refractivity contribution < 1.29 is 22.7 Å². The monoisotopic (exact) mass is 495 g/mol. The fraction of sp³-hybridized carbons (Fsp3) is 0.346. The van der Waals surface area contributed by atoms with E-state index in [9.17, 15) is 13.2 Å². The largest absolute Gasteiger partial charge is 0.496 e. The van der Waals surface area contributed by atoms with Crippen LogP contribution in [0.25, 0.3) is 10.8 Å². The van der Waals surface area contributed by atoms with E-state index in [0.717, 1.165) is 30.6 Å². The van der Waals surface area contributed by atoms with Gasteiger partial charge in [-0.2, -0.15) is 0 Å². The van der Waals surface area contributed by atoms with E-state index >= 15 is 0 Å². The van der Waals surface area contributed by atoms with Gasteiger partial charge < -0.3 is 14.8 Å². The van der Waals surface area contributed by atoms with Crippen molar-refractivity contribution in [3.05, 3.63) is 66.2 Å². The van der Waals surface area contributed by atoms with E-state index in [1.165, 1.54) is 4.31 Å². The summed E-state index contributed by atoms with van der Waals surface area (Å²) in [5, 5.41) is 4.32. The molecule has 8 nitrogen and oxygen atoms in total. The van der Waals surface area contributed by atoms with Crippen molar-refractivity contribution in [3.63, 3.8) is 0 Å². The number of benzene rings is 3. The van der Waals surface area contributed by atoms with Crippen molar-refractivity contribution >= 4 is 32.4 Å². The van der Waals surface area contributed by atoms with E-state index in [1.54, 1.807) is 37.4 Å². The van der Waals surface area contributed by atoms with Crippen LogP contribution in [0.2, 0.25) is 0 Å². The van der Waals surface area contributed by atoms with Gasteiger partial charge in [0.05, 0.1) is 43.4 Å². The number of hydrogen-bond acceptors (Lipinski definition) is 6. The number of amides is 1. The predicted molar refractivity (Wildman–Crippen MR) is 134 cm³/mol. The molecule has 1 saturated heterocycles. The summed E-state index contributed by atoms with van der Waals surface area (Å²) >= 11 is 0. The molecule has 1 atom stereocenters. The summed E-state index contributed by atoms with van der Waals surface area (Å²) in [6.07, 6.45) is 0. The zero-order chi connectivity index (χ0) is 24.4. The van der Waals surface area contributed by atoms with Crippen LogP contribution < -0.4 is 14.4 Å². The van der Waals surface area contributed by atoms with E-state index in [2.05, 4.69) is 10.2 Å². The van der Waals surface area contributed by atoms with Crippen LogP contribution in [0.1, 0.15) is 11.5 Å². The number of carbonyl (C=O) groups excluding carboxylic acids is 1. The van der Waals surface area contributed by atoms with Gasteiger partial charge in [0.1, 0.15) is 5.75 Å². The molecule has 35 heavy (non-hydrogen) atoms. The minimum absolute atomic E-state index is 0.0609. The minimum Gasteiger partial charge on any atom is -0.496 e. The molecule has 1 amide bonds. The maximum atomic E-state index is 13.9. The number of nitrogens with one attached hydrogen (secondary N) is 1. The molecule has 5 rings (SSSR count). The Morgan fingerprint density at radius 3 is 2.51 bits per heavy atom. The van der Waals surface area contributed by atoms with Crippen LogP contribution in [0, 0.1) is 0 Å². The number of methoxy groups -OCH3 is 1. The summed E-state index contributed by atoms with van der Waals surface area (Å²) in [7, 11) is -2.37. The van der Waals surface area contributed by atoms with Crippen LogP contribution >= 0.6 is 0 Å². The highest BCUT2D eigenvalue weighted by Gasteiger charge is 2.40. The van der Waals surface area contributed by atoms with Gasteiger partial charge in [0, 0.05) is 37.0 Å². The number of hydrogen-bond donors (Lipinski definition) is 1. The molecule has 1 N–H and O–H groups in total. The fourth-order valence-electron chi connectivity index (χ4n) is 4.87. The third kappa shape index (κ3) is 4.47. The van der Waals surface area contributed by atoms with E-state index in [4.69, 9.17) is 9.47 Å². The van der Waals surface area contributed by atoms with Gasteiger partial charge in [-0.25, -0.2) is 8.42 Å². The van der Waals surface area contributed by atoms with Crippen LogP contribution in [0.5, 0.6) is 5.75 Å². The second kappa shape index (κ2) is 9.85. The Balaban J connectivity index is 1.41. The minimum atomic E-state index is -3.93. The number of para-hydroxylation sites is 1. The standard InChI is InChI=1S/C26H29N3O5S/c1-33-24-10-11-25(21-8-3-2-7-20(21)24)35(31,32)29-18-22(19-6-4-5-9-23(19)29)26(30)27-12-13-28-14-16-34-17-15-28/h2-11,22H,12-18H2,1H3,(H,27,30). The summed E-state index contributed by atoms with van der Waals surface area (Å²) < 4.78 is 40.0. The van der Waals surface area contributed by atoms with Gasteiger partial charge in [-0.15, -0.1) is 0 Å². The van der Waals surface area contributed by atoms with Gasteiger partial charge in [0.25, 0.3) is 10.0 Å². The number of anilines is 1. The van der Waals surface area contributed by atoms with Crippen molar-refractivity contribution in [2.45, 2.75) is 10.8 Å². The second-order valence-corrected chi connectivity index (χ2v) is 10.5. The lowest BCUT2D eigenvalue weighted by Gasteiger charge is -2.26. The van der Waals surface area contributed by atoms with Gasteiger partial charge in [-0.3, -0.25) is 14.0 Å². The number of ether oxygens (including phenoxy) is 2. The quantitative estimate of drug-likeness (QED) is 0.542. The number of morpholine rings is 1. The van der Waals surface area contributed by atoms with Crippen molar-refractivity contribution in [1.29, 1.82) is 0 Å². The lowest BCUT2D eigenvalue weighted by molar-refractivity contribution is -0.122. The molecule has 0 spiro atoms. The lowest BCUT2D eigenvalue weighted by Crippen LogP contribution is -2.42. The maximum Gasteiger partial charge on any atom is 0.264 e. The molecule has 2 aliphatic heterocycles. The Labute approximate surface area is 205 Å². The Morgan fingerprint density at radius 1 is 1.03 bits per heavy atom. The van der Waals surface area contributed by atoms with E-state index in [-0.39, 0.29) is 17.3 Å².